The molecule has 0 saturated carbocycles. The third-order valence-corrected chi connectivity index (χ3v) is 2.16. The van der Waals surface area contributed by atoms with Gasteiger partial charge in [0.2, 0.25) is 0 Å². The highest BCUT2D eigenvalue weighted by molar-refractivity contribution is 4.79. The molecule has 0 spiro atoms. The van der Waals surface area contributed by atoms with E-state index in [9.17, 15) is 0 Å². The lowest BCUT2D eigenvalue weighted by Crippen LogP contribution is -2.20. The maximum Gasteiger partial charge on any atom is 0.0588 e. The monoisotopic (exact) mass is 169 g/mol. The van der Waals surface area contributed by atoms with E-state index in [0.717, 1.165) is 26.1 Å². The zero-order chi connectivity index (χ0) is 8.65. The number of hydrogen-bond acceptors (Lipinski definition) is 2. The van der Waals surface area contributed by atoms with Crippen LogP contribution in [-0.2, 0) is 4.74 Å². The molecule has 0 aromatic rings. The van der Waals surface area contributed by atoms with E-state index in [-0.39, 0.29) is 0 Å². The lowest BCUT2D eigenvalue weighted by Gasteiger charge is -2.08. The fourth-order valence-corrected chi connectivity index (χ4v) is 1.44. The van der Waals surface area contributed by atoms with Gasteiger partial charge in [-0.2, -0.15) is 0 Å². The van der Waals surface area contributed by atoms with Crippen molar-refractivity contribution < 1.29 is 4.74 Å². The van der Waals surface area contributed by atoms with Gasteiger partial charge >= 0.3 is 0 Å². The Morgan fingerprint density at radius 1 is 1.58 bits per heavy atom. The Balaban J connectivity index is 1.87. The minimum atomic E-state index is 0.531. The topological polar surface area (TPSA) is 21.3 Å². The zero-order valence-electron chi connectivity index (χ0n) is 7.88. The Labute approximate surface area is 75.0 Å². The number of allylic oxidation sites excluding steroid dienone is 1. The van der Waals surface area contributed by atoms with Gasteiger partial charge in [-0.05, 0) is 32.7 Å². The maximum atomic E-state index is 5.50. The summed E-state index contributed by atoms with van der Waals surface area (Å²) in [5.74, 6) is 0. The Bertz CT molecular complexity index is 128. The fourth-order valence-electron chi connectivity index (χ4n) is 1.44. The Hall–Kier alpha value is -0.340. The summed E-state index contributed by atoms with van der Waals surface area (Å²) >= 11 is 0. The van der Waals surface area contributed by atoms with E-state index in [2.05, 4.69) is 17.5 Å². The third-order valence-electron chi connectivity index (χ3n) is 2.16. The van der Waals surface area contributed by atoms with Crippen LogP contribution < -0.4 is 5.32 Å². The summed E-state index contributed by atoms with van der Waals surface area (Å²) in [6, 6.07) is 0. The molecule has 0 bridgehead atoms. The predicted octanol–water partition coefficient (Wildman–Crippen LogP) is 1.72. The average Bonchev–Trinajstić information content (AvgIpc) is 2.57. The second-order valence-corrected chi connectivity index (χ2v) is 3.20. The van der Waals surface area contributed by atoms with Gasteiger partial charge in [0.15, 0.2) is 0 Å². The first-order chi connectivity index (χ1) is 5.93. The summed E-state index contributed by atoms with van der Waals surface area (Å²) in [6.45, 7) is 5.08. The number of rotatable bonds is 5. The van der Waals surface area contributed by atoms with Gasteiger partial charge in [0, 0.05) is 13.2 Å². The molecule has 2 nitrogen and oxygen atoms in total. The van der Waals surface area contributed by atoms with Crippen LogP contribution in [0, 0.1) is 0 Å². The van der Waals surface area contributed by atoms with E-state index in [1.54, 1.807) is 0 Å². The molecule has 12 heavy (non-hydrogen) atoms. The SMILES string of the molecule is C/C=C/CNCCC1CCCO1. The zero-order valence-corrected chi connectivity index (χ0v) is 7.88. The number of ether oxygens (including phenoxy) is 1. The van der Waals surface area contributed by atoms with Gasteiger partial charge in [0.1, 0.15) is 0 Å². The average molecular weight is 169 g/mol. The highest BCUT2D eigenvalue weighted by Crippen LogP contribution is 2.14. The smallest absolute Gasteiger partial charge is 0.0588 e. The van der Waals surface area contributed by atoms with Gasteiger partial charge in [-0.25, -0.2) is 0 Å². The van der Waals surface area contributed by atoms with Crippen molar-refractivity contribution in [2.75, 3.05) is 19.7 Å². The van der Waals surface area contributed by atoms with Crippen LogP contribution >= 0.6 is 0 Å². The highest BCUT2D eigenvalue weighted by atomic mass is 16.5. The van der Waals surface area contributed by atoms with Crippen molar-refractivity contribution in [3.05, 3.63) is 12.2 Å². The maximum absolute atomic E-state index is 5.50. The van der Waals surface area contributed by atoms with E-state index >= 15 is 0 Å². The summed E-state index contributed by atoms with van der Waals surface area (Å²) in [4.78, 5) is 0. The molecular weight excluding hydrogens is 150 g/mol. The summed E-state index contributed by atoms with van der Waals surface area (Å²) in [6.07, 6.45) is 8.40. The standard InChI is InChI=1S/C10H19NO/c1-2-3-7-11-8-6-10-5-4-9-12-10/h2-3,10-11H,4-9H2,1H3/b3-2+. The molecule has 1 fully saturated rings. The van der Waals surface area contributed by atoms with Crippen LogP contribution in [0.1, 0.15) is 26.2 Å². The van der Waals surface area contributed by atoms with Crippen LogP contribution in [0.4, 0.5) is 0 Å². The largest absolute Gasteiger partial charge is 0.378 e. The molecule has 1 heterocycles. The van der Waals surface area contributed by atoms with Crippen molar-refractivity contribution in [1.29, 1.82) is 0 Å². The summed E-state index contributed by atoms with van der Waals surface area (Å²) in [5, 5.41) is 3.35. The number of nitrogens with one attached hydrogen (secondary N) is 1. The van der Waals surface area contributed by atoms with Gasteiger partial charge in [-0.15, -0.1) is 0 Å². The predicted molar refractivity (Wildman–Crippen MR) is 51.3 cm³/mol. The lowest BCUT2D eigenvalue weighted by molar-refractivity contribution is 0.104. The van der Waals surface area contributed by atoms with Crippen molar-refractivity contribution in [1.82, 2.24) is 5.32 Å². The molecular formula is C10H19NO. The molecule has 0 amide bonds. The summed E-state index contributed by atoms with van der Waals surface area (Å²) in [5.41, 5.74) is 0. The number of hydrogen-bond donors (Lipinski definition) is 1. The van der Waals surface area contributed by atoms with Crippen LogP contribution in [0.15, 0.2) is 12.2 Å². The molecule has 0 radical (unpaired) electrons. The molecule has 0 aromatic heterocycles. The first kappa shape index (κ1) is 9.75. The van der Waals surface area contributed by atoms with Crippen LogP contribution in [0.2, 0.25) is 0 Å². The van der Waals surface area contributed by atoms with Crippen molar-refractivity contribution in [3.8, 4) is 0 Å². The molecule has 0 aliphatic carbocycles. The minimum Gasteiger partial charge on any atom is -0.378 e. The molecule has 1 unspecified atom stereocenters. The van der Waals surface area contributed by atoms with Gasteiger partial charge in [0.05, 0.1) is 6.10 Å². The summed E-state index contributed by atoms with van der Waals surface area (Å²) < 4.78 is 5.50. The van der Waals surface area contributed by atoms with E-state index in [1.165, 1.54) is 12.8 Å². The highest BCUT2D eigenvalue weighted by Gasteiger charge is 2.13. The van der Waals surface area contributed by atoms with Gasteiger partial charge in [-0.3, -0.25) is 0 Å². The molecule has 1 N–H and O–H groups in total. The second kappa shape index (κ2) is 6.21. The van der Waals surface area contributed by atoms with Crippen molar-refractivity contribution >= 4 is 0 Å². The molecule has 2 heteroatoms. The van der Waals surface area contributed by atoms with E-state index in [0.29, 0.717) is 6.10 Å². The van der Waals surface area contributed by atoms with Crippen LogP contribution in [0.5, 0.6) is 0 Å². The lowest BCUT2D eigenvalue weighted by atomic mass is 10.2. The van der Waals surface area contributed by atoms with E-state index < -0.39 is 0 Å². The molecule has 1 aliphatic rings. The van der Waals surface area contributed by atoms with Gasteiger partial charge in [0.25, 0.3) is 0 Å². The third kappa shape index (κ3) is 3.88. The van der Waals surface area contributed by atoms with Crippen LogP contribution in [0.3, 0.4) is 0 Å². The fraction of sp³-hybridized carbons (Fsp3) is 0.800. The molecule has 1 atom stereocenters. The first-order valence-corrected chi connectivity index (χ1v) is 4.87. The molecule has 1 rings (SSSR count). The quantitative estimate of drug-likeness (QED) is 0.500. The molecule has 70 valence electrons. The van der Waals surface area contributed by atoms with Crippen molar-refractivity contribution in [2.45, 2.75) is 32.3 Å². The van der Waals surface area contributed by atoms with Gasteiger partial charge < -0.3 is 10.1 Å². The first-order valence-electron chi connectivity index (χ1n) is 4.87. The summed E-state index contributed by atoms with van der Waals surface area (Å²) in [7, 11) is 0. The minimum absolute atomic E-state index is 0.531. The Kier molecular flexibility index (Phi) is 5.04. The van der Waals surface area contributed by atoms with Gasteiger partial charge in [-0.1, -0.05) is 12.2 Å². The van der Waals surface area contributed by atoms with E-state index in [4.69, 9.17) is 4.74 Å². The van der Waals surface area contributed by atoms with Crippen molar-refractivity contribution in [3.63, 3.8) is 0 Å². The van der Waals surface area contributed by atoms with Crippen LogP contribution in [-0.4, -0.2) is 25.8 Å². The van der Waals surface area contributed by atoms with E-state index in [1.807, 2.05) is 6.92 Å². The van der Waals surface area contributed by atoms with Crippen molar-refractivity contribution in [2.24, 2.45) is 0 Å². The molecule has 1 saturated heterocycles. The Morgan fingerprint density at radius 3 is 3.17 bits per heavy atom. The molecule has 0 aromatic carbocycles. The Morgan fingerprint density at radius 2 is 2.50 bits per heavy atom. The molecule has 1 aliphatic heterocycles. The normalized spacial score (nSPS) is 23.9. The second-order valence-electron chi connectivity index (χ2n) is 3.20. The van der Waals surface area contributed by atoms with Crippen LogP contribution in [0.25, 0.3) is 0 Å².